The van der Waals surface area contributed by atoms with Crippen molar-refractivity contribution >= 4 is 34.2 Å². The number of benzene rings is 2. The zero-order valence-electron chi connectivity index (χ0n) is 11.6. The van der Waals surface area contributed by atoms with Crippen molar-refractivity contribution in [2.24, 2.45) is 0 Å². The van der Waals surface area contributed by atoms with Crippen LogP contribution in [0.25, 0.3) is 0 Å². The van der Waals surface area contributed by atoms with Gasteiger partial charge in [-0.1, -0.05) is 37.6 Å². The molecule has 0 saturated carbocycles. The van der Waals surface area contributed by atoms with E-state index in [4.69, 9.17) is 0 Å². The van der Waals surface area contributed by atoms with Gasteiger partial charge in [0.25, 0.3) is 5.91 Å². The highest BCUT2D eigenvalue weighted by molar-refractivity contribution is 14.1. The Hall–Kier alpha value is -1.36. The van der Waals surface area contributed by atoms with E-state index >= 15 is 0 Å². The molecule has 0 aromatic heterocycles. The largest absolute Gasteiger partial charge is 0.308 e. The number of para-hydroxylation sites is 1. The average molecular weight is 379 g/mol. The Bertz CT molecular complexity index is 568. The molecule has 20 heavy (non-hydrogen) atoms. The Morgan fingerprint density at radius 1 is 1.10 bits per heavy atom. The lowest BCUT2D eigenvalue weighted by molar-refractivity contribution is 0.0986. The number of hydrogen-bond donors (Lipinski definition) is 0. The lowest BCUT2D eigenvalue weighted by atomic mass is 10.1. The third-order valence-electron chi connectivity index (χ3n) is 3.12. The molecule has 0 spiro atoms. The van der Waals surface area contributed by atoms with Crippen LogP contribution in [-0.4, -0.2) is 12.5 Å². The topological polar surface area (TPSA) is 20.3 Å². The van der Waals surface area contributed by atoms with Gasteiger partial charge in [-0.2, -0.15) is 0 Å². The summed E-state index contributed by atoms with van der Waals surface area (Å²) in [7, 11) is 0. The SMILES string of the molecule is CCCCN(C(=O)c1cccc(I)c1)c1ccccc1. The fraction of sp³-hybridized carbons (Fsp3) is 0.235. The Kier molecular flexibility index (Phi) is 5.59. The van der Waals surface area contributed by atoms with Crippen molar-refractivity contribution in [3.8, 4) is 0 Å². The van der Waals surface area contributed by atoms with E-state index in [9.17, 15) is 4.79 Å². The maximum absolute atomic E-state index is 12.7. The van der Waals surface area contributed by atoms with Crippen LogP contribution in [0.5, 0.6) is 0 Å². The fourth-order valence-electron chi connectivity index (χ4n) is 2.05. The summed E-state index contributed by atoms with van der Waals surface area (Å²) in [6, 6.07) is 17.6. The van der Waals surface area contributed by atoms with Crippen molar-refractivity contribution < 1.29 is 4.79 Å². The predicted octanol–water partition coefficient (Wildman–Crippen LogP) is 4.74. The number of halogens is 1. The summed E-state index contributed by atoms with van der Waals surface area (Å²) >= 11 is 2.23. The van der Waals surface area contributed by atoms with Gasteiger partial charge in [0.15, 0.2) is 0 Å². The second-order valence-corrected chi connectivity index (χ2v) is 5.90. The van der Waals surface area contributed by atoms with Gasteiger partial charge in [-0.3, -0.25) is 4.79 Å². The Morgan fingerprint density at radius 2 is 1.85 bits per heavy atom. The van der Waals surface area contributed by atoms with Crippen LogP contribution < -0.4 is 4.90 Å². The highest BCUT2D eigenvalue weighted by Crippen LogP contribution is 2.18. The van der Waals surface area contributed by atoms with Crippen LogP contribution in [0.15, 0.2) is 54.6 Å². The van der Waals surface area contributed by atoms with Crippen LogP contribution in [0.3, 0.4) is 0 Å². The van der Waals surface area contributed by atoms with E-state index < -0.39 is 0 Å². The summed E-state index contributed by atoms with van der Waals surface area (Å²) in [6.07, 6.45) is 2.08. The fourth-order valence-corrected chi connectivity index (χ4v) is 2.59. The Balaban J connectivity index is 2.29. The summed E-state index contributed by atoms with van der Waals surface area (Å²) in [5.41, 5.74) is 1.71. The molecule has 0 unspecified atom stereocenters. The van der Waals surface area contributed by atoms with Gasteiger partial charge in [0.2, 0.25) is 0 Å². The predicted molar refractivity (Wildman–Crippen MR) is 92.2 cm³/mol. The van der Waals surface area contributed by atoms with Gasteiger partial charge >= 0.3 is 0 Å². The van der Waals surface area contributed by atoms with Crippen LogP contribution in [-0.2, 0) is 0 Å². The van der Waals surface area contributed by atoms with Crippen molar-refractivity contribution in [2.75, 3.05) is 11.4 Å². The van der Waals surface area contributed by atoms with Crippen LogP contribution in [0, 0.1) is 3.57 Å². The number of amides is 1. The highest BCUT2D eigenvalue weighted by Gasteiger charge is 2.17. The molecular weight excluding hydrogens is 361 g/mol. The maximum atomic E-state index is 12.7. The third-order valence-corrected chi connectivity index (χ3v) is 3.79. The average Bonchev–Trinajstić information content (AvgIpc) is 2.48. The van der Waals surface area contributed by atoms with E-state index in [0.29, 0.717) is 0 Å². The van der Waals surface area contributed by atoms with Gasteiger partial charge in [0.1, 0.15) is 0 Å². The molecule has 0 bridgehead atoms. The Labute approximate surface area is 133 Å². The van der Waals surface area contributed by atoms with E-state index in [1.165, 1.54) is 0 Å². The number of nitrogens with zero attached hydrogens (tertiary/aromatic N) is 1. The van der Waals surface area contributed by atoms with Crippen LogP contribution in [0.2, 0.25) is 0 Å². The number of hydrogen-bond acceptors (Lipinski definition) is 1. The Morgan fingerprint density at radius 3 is 2.50 bits per heavy atom. The normalized spacial score (nSPS) is 10.3. The van der Waals surface area contributed by atoms with E-state index in [2.05, 4.69) is 29.5 Å². The van der Waals surface area contributed by atoms with Gasteiger partial charge in [-0.25, -0.2) is 0 Å². The van der Waals surface area contributed by atoms with Crippen molar-refractivity contribution in [2.45, 2.75) is 19.8 Å². The van der Waals surface area contributed by atoms with Crippen molar-refractivity contribution in [3.05, 3.63) is 63.7 Å². The summed E-state index contributed by atoms with van der Waals surface area (Å²) in [6.45, 7) is 2.89. The second-order valence-electron chi connectivity index (χ2n) is 4.66. The monoisotopic (exact) mass is 379 g/mol. The first-order chi connectivity index (χ1) is 9.72. The minimum Gasteiger partial charge on any atom is -0.308 e. The molecule has 1 amide bonds. The minimum atomic E-state index is 0.0724. The summed E-state index contributed by atoms with van der Waals surface area (Å²) in [5.74, 6) is 0.0724. The third kappa shape index (κ3) is 3.82. The van der Waals surface area contributed by atoms with Gasteiger partial charge in [0, 0.05) is 21.4 Å². The van der Waals surface area contributed by atoms with Crippen molar-refractivity contribution in [3.63, 3.8) is 0 Å². The standard InChI is InChI=1S/C17H18INO/c1-2-3-12-19(16-10-5-4-6-11-16)17(20)14-8-7-9-15(18)13-14/h4-11,13H,2-3,12H2,1H3. The number of rotatable bonds is 5. The van der Waals surface area contributed by atoms with Crippen molar-refractivity contribution in [1.29, 1.82) is 0 Å². The first-order valence-corrected chi connectivity index (χ1v) is 7.92. The molecule has 2 aromatic carbocycles. The first kappa shape index (κ1) is 15.0. The molecule has 104 valence electrons. The van der Waals surface area contributed by atoms with E-state index in [-0.39, 0.29) is 5.91 Å². The zero-order chi connectivity index (χ0) is 14.4. The quantitative estimate of drug-likeness (QED) is 0.688. The molecule has 0 atom stereocenters. The minimum absolute atomic E-state index is 0.0724. The molecular formula is C17H18INO. The second kappa shape index (κ2) is 7.43. The van der Waals surface area contributed by atoms with E-state index in [1.54, 1.807) is 0 Å². The highest BCUT2D eigenvalue weighted by atomic mass is 127. The molecule has 0 heterocycles. The molecule has 0 aliphatic rings. The number of anilines is 1. The molecule has 2 nitrogen and oxygen atoms in total. The summed E-state index contributed by atoms with van der Waals surface area (Å²) in [5, 5.41) is 0. The van der Waals surface area contributed by atoms with Gasteiger partial charge in [-0.05, 0) is 59.3 Å². The van der Waals surface area contributed by atoms with E-state index in [0.717, 1.165) is 34.2 Å². The molecule has 0 saturated heterocycles. The smallest absolute Gasteiger partial charge is 0.258 e. The lowest BCUT2D eigenvalue weighted by Gasteiger charge is -2.23. The lowest BCUT2D eigenvalue weighted by Crippen LogP contribution is -2.31. The molecule has 0 fully saturated rings. The summed E-state index contributed by atoms with van der Waals surface area (Å²) in [4.78, 5) is 14.6. The molecule has 0 radical (unpaired) electrons. The molecule has 2 rings (SSSR count). The number of carbonyl (C=O) groups is 1. The van der Waals surface area contributed by atoms with E-state index in [1.807, 2.05) is 59.5 Å². The van der Waals surface area contributed by atoms with Gasteiger partial charge in [0.05, 0.1) is 0 Å². The molecule has 0 N–H and O–H groups in total. The number of unbranched alkanes of at least 4 members (excludes halogenated alkanes) is 1. The number of carbonyl (C=O) groups excluding carboxylic acids is 1. The summed E-state index contributed by atoms with van der Waals surface area (Å²) < 4.78 is 1.08. The first-order valence-electron chi connectivity index (χ1n) is 6.85. The molecule has 0 aliphatic carbocycles. The van der Waals surface area contributed by atoms with Crippen LogP contribution in [0.4, 0.5) is 5.69 Å². The van der Waals surface area contributed by atoms with Crippen LogP contribution in [0.1, 0.15) is 30.1 Å². The van der Waals surface area contributed by atoms with Gasteiger partial charge < -0.3 is 4.90 Å². The van der Waals surface area contributed by atoms with Crippen molar-refractivity contribution in [1.82, 2.24) is 0 Å². The van der Waals surface area contributed by atoms with Gasteiger partial charge in [-0.15, -0.1) is 0 Å². The molecule has 3 heteroatoms. The zero-order valence-corrected chi connectivity index (χ0v) is 13.7. The molecule has 0 aliphatic heterocycles. The maximum Gasteiger partial charge on any atom is 0.258 e. The molecule has 2 aromatic rings. The van der Waals surface area contributed by atoms with Crippen LogP contribution >= 0.6 is 22.6 Å².